The van der Waals surface area contributed by atoms with E-state index < -0.39 is 21.4 Å². The van der Waals surface area contributed by atoms with E-state index >= 15 is 0 Å². The molecule has 9 heteroatoms. The zero-order valence-corrected chi connectivity index (χ0v) is 20.9. The molecule has 2 heterocycles. The molecule has 0 radical (unpaired) electrons. The van der Waals surface area contributed by atoms with Gasteiger partial charge in [0.25, 0.3) is 5.91 Å². The minimum atomic E-state index is -3.73. The summed E-state index contributed by atoms with van der Waals surface area (Å²) in [6.07, 6.45) is 5.21. The number of benzene rings is 2. The van der Waals surface area contributed by atoms with Crippen LogP contribution in [0.4, 0.5) is 0 Å². The number of rotatable bonds is 7. The fourth-order valence-electron chi connectivity index (χ4n) is 4.51. The Morgan fingerprint density at radius 1 is 1.06 bits per heavy atom. The van der Waals surface area contributed by atoms with Crippen molar-refractivity contribution < 1.29 is 17.9 Å². The van der Waals surface area contributed by atoms with E-state index in [-0.39, 0.29) is 22.4 Å². The van der Waals surface area contributed by atoms with Crippen molar-refractivity contribution in [3.05, 3.63) is 70.0 Å². The summed E-state index contributed by atoms with van der Waals surface area (Å²) in [6.45, 7) is 3.57. The van der Waals surface area contributed by atoms with Crippen LogP contribution in [0.25, 0.3) is 10.9 Å². The molecule has 35 heavy (non-hydrogen) atoms. The Morgan fingerprint density at radius 2 is 1.77 bits per heavy atom. The maximum absolute atomic E-state index is 13.4. The van der Waals surface area contributed by atoms with Crippen LogP contribution in [0.5, 0.6) is 5.75 Å². The number of ether oxygens (including phenoxy) is 1. The Balaban J connectivity index is 1.70. The van der Waals surface area contributed by atoms with Crippen LogP contribution in [-0.2, 0) is 23.1 Å². The number of pyridine rings is 1. The van der Waals surface area contributed by atoms with Crippen LogP contribution in [-0.4, -0.2) is 43.4 Å². The van der Waals surface area contributed by atoms with Crippen molar-refractivity contribution in [3.63, 3.8) is 0 Å². The number of carbonyl (C=O) groups excluding carboxylic acids is 1. The third-order valence-electron chi connectivity index (χ3n) is 6.47. The van der Waals surface area contributed by atoms with E-state index in [9.17, 15) is 18.0 Å². The molecule has 0 unspecified atom stereocenters. The molecule has 1 aliphatic rings. The molecule has 4 rings (SSSR count). The zero-order chi connectivity index (χ0) is 25.0. The second-order valence-corrected chi connectivity index (χ2v) is 10.6. The molecule has 0 aliphatic carbocycles. The van der Waals surface area contributed by atoms with Crippen LogP contribution in [0.1, 0.15) is 48.5 Å². The second kappa shape index (κ2) is 10.6. The molecule has 0 spiro atoms. The summed E-state index contributed by atoms with van der Waals surface area (Å²) in [5.74, 6) is 0.117. The maximum atomic E-state index is 13.4. The van der Waals surface area contributed by atoms with Crippen LogP contribution in [0.2, 0.25) is 0 Å². The first kappa shape index (κ1) is 24.9. The number of amides is 1. The fraction of sp³-hybridized carbons (Fsp3) is 0.385. The van der Waals surface area contributed by atoms with Gasteiger partial charge in [-0.25, -0.2) is 8.42 Å². The molecule has 1 aromatic heterocycles. The molecule has 186 valence electrons. The molecule has 8 nitrogen and oxygen atoms in total. The number of fused-ring (bicyclic) bond motifs is 1. The topological polar surface area (TPSA) is 97.7 Å². The Kier molecular flexibility index (Phi) is 7.57. The number of carbonyl (C=O) groups is 1. The first-order valence-corrected chi connectivity index (χ1v) is 13.4. The molecule has 0 bridgehead atoms. The molecule has 3 aromatic rings. The number of hydrogen-bond acceptors (Lipinski definition) is 5. The highest BCUT2D eigenvalue weighted by atomic mass is 32.2. The Bertz CT molecular complexity index is 1390. The van der Waals surface area contributed by atoms with E-state index in [1.165, 1.54) is 16.6 Å². The second-order valence-electron chi connectivity index (χ2n) is 8.65. The first-order chi connectivity index (χ1) is 16.9. The van der Waals surface area contributed by atoms with E-state index in [1.807, 2.05) is 25.1 Å². The number of hydrogen-bond donors (Lipinski definition) is 1. The summed E-state index contributed by atoms with van der Waals surface area (Å²) >= 11 is 0. The molecule has 1 aliphatic heterocycles. The number of nitrogens with zero attached hydrogens (tertiary/aromatic N) is 2. The van der Waals surface area contributed by atoms with Gasteiger partial charge in [-0.05, 0) is 44.0 Å². The average Bonchev–Trinajstić information content (AvgIpc) is 3.18. The number of sulfonamides is 1. The molecule has 0 saturated carbocycles. The predicted octanol–water partition coefficient (Wildman–Crippen LogP) is 3.52. The van der Waals surface area contributed by atoms with Crippen molar-refractivity contribution in [2.45, 2.75) is 50.6 Å². The SMILES string of the molecule is CCn1cc(C(=O)NCc2ccccc2OC)c(=O)c2cc(S(=O)(=O)N3CCCCCC3)ccc21. The largest absolute Gasteiger partial charge is 0.496 e. The summed E-state index contributed by atoms with van der Waals surface area (Å²) in [5, 5.41) is 3.01. The normalized spacial score (nSPS) is 15.0. The summed E-state index contributed by atoms with van der Waals surface area (Å²) in [7, 11) is -2.17. The number of aromatic nitrogens is 1. The van der Waals surface area contributed by atoms with Gasteiger partial charge in [0.1, 0.15) is 11.3 Å². The lowest BCUT2D eigenvalue weighted by molar-refractivity contribution is 0.0949. The highest BCUT2D eigenvalue weighted by Crippen LogP contribution is 2.24. The highest BCUT2D eigenvalue weighted by molar-refractivity contribution is 7.89. The molecule has 1 saturated heterocycles. The van der Waals surface area contributed by atoms with Crippen molar-refractivity contribution in [1.29, 1.82) is 0 Å². The predicted molar refractivity (Wildman–Crippen MR) is 135 cm³/mol. The zero-order valence-electron chi connectivity index (χ0n) is 20.1. The molecule has 2 aromatic carbocycles. The van der Waals surface area contributed by atoms with E-state index in [0.29, 0.717) is 30.9 Å². The maximum Gasteiger partial charge on any atom is 0.257 e. The first-order valence-electron chi connectivity index (χ1n) is 11.9. The van der Waals surface area contributed by atoms with Crippen LogP contribution >= 0.6 is 0 Å². The van der Waals surface area contributed by atoms with E-state index in [0.717, 1.165) is 31.2 Å². The average molecular weight is 498 g/mol. The summed E-state index contributed by atoms with van der Waals surface area (Å²) in [6, 6.07) is 11.9. The molecule has 1 fully saturated rings. The quantitative estimate of drug-likeness (QED) is 0.539. The van der Waals surface area contributed by atoms with E-state index in [2.05, 4.69) is 5.32 Å². The number of methoxy groups -OCH3 is 1. The van der Waals surface area contributed by atoms with Gasteiger partial charge in [0.05, 0.1) is 17.5 Å². The Labute approximate surface area is 205 Å². The fourth-order valence-corrected chi connectivity index (χ4v) is 6.06. The van der Waals surface area contributed by atoms with Crippen molar-refractivity contribution in [2.75, 3.05) is 20.2 Å². The molecule has 0 atom stereocenters. The van der Waals surface area contributed by atoms with Gasteiger partial charge in [-0.15, -0.1) is 0 Å². The smallest absolute Gasteiger partial charge is 0.257 e. The monoisotopic (exact) mass is 497 g/mol. The molecular formula is C26H31N3O5S. The third kappa shape index (κ3) is 5.11. The van der Waals surface area contributed by atoms with Crippen LogP contribution in [0.3, 0.4) is 0 Å². The van der Waals surface area contributed by atoms with Crippen LogP contribution in [0, 0.1) is 0 Å². The Hall–Kier alpha value is -3.17. The molecule has 1 N–H and O–H groups in total. The Morgan fingerprint density at radius 3 is 2.46 bits per heavy atom. The van der Waals surface area contributed by atoms with Gasteiger partial charge in [-0.3, -0.25) is 9.59 Å². The summed E-state index contributed by atoms with van der Waals surface area (Å²) in [5.41, 5.74) is 0.855. The lowest BCUT2D eigenvalue weighted by Crippen LogP contribution is -2.32. The lowest BCUT2D eigenvalue weighted by atomic mass is 10.1. The highest BCUT2D eigenvalue weighted by Gasteiger charge is 2.26. The number of aryl methyl sites for hydroxylation is 1. The molecule has 1 amide bonds. The lowest BCUT2D eigenvalue weighted by Gasteiger charge is -2.20. The third-order valence-corrected chi connectivity index (χ3v) is 8.37. The minimum absolute atomic E-state index is 0.0291. The van der Waals surface area contributed by atoms with Crippen molar-refractivity contribution in [1.82, 2.24) is 14.2 Å². The van der Waals surface area contributed by atoms with E-state index in [1.54, 1.807) is 29.9 Å². The number of para-hydroxylation sites is 1. The van der Waals surface area contributed by atoms with Gasteiger partial charge in [0.2, 0.25) is 15.5 Å². The van der Waals surface area contributed by atoms with Crippen molar-refractivity contribution in [2.24, 2.45) is 0 Å². The van der Waals surface area contributed by atoms with Crippen LogP contribution in [0.15, 0.2) is 58.4 Å². The van der Waals surface area contributed by atoms with Crippen LogP contribution < -0.4 is 15.5 Å². The van der Waals surface area contributed by atoms with Gasteiger partial charge in [0, 0.05) is 43.3 Å². The van der Waals surface area contributed by atoms with Gasteiger partial charge in [-0.1, -0.05) is 31.0 Å². The minimum Gasteiger partial charge on any atom is -0.496 e. The summed E-state index contributed by atoms with van der Waals surface area (Å²) < 4.78 is 35.2. The van der Waals surface area contributed by atoms with Gasteiger partial charge >= 0.3 is 0 Å². The van der Waals surface area contributed by atoms with Gasteiger partial charge in [-0.2, -0.15) is 4.31 Å². The number of nitrogens with one attached hydrogen (secondary N) is 1. The van der Waals surface area contributed by atoms with E-state index in [4.69, 9.17) is 4.74 Å². The van der Waals surface area contributed by atoms with Gasteiger partial charge < -0.3 is 14.6 Å². The van der Waals surface area contributed by atoms with Crippen molar-refractivity contribution >= 4 is 26.8 Å². The van der Waals surface area contributed by atoms with Gasteiger partial charge in [0.15, 0.2) is 0 Å². The molecular weight excluding hydrogens is 466 g/mol. The van der Waals surface area contributed by atoms with Crippen molar-refractivity contribution in [3.8, 4) is 5.75 Å². The standard InChI is InChI=1S/C26H31N3O5S/c1-3-28-18-22(26(31)27-17-19-10-6-7-11-24(19)34-2)25(30)21-16-20(12-13-23(21)28)35(32,33)29-14-8-4-5-9-15-29/h6-7,10-13,16,18H,3-5,8-9,14-15,17H2,1-2H3,(H,27,31). The summed E-state index contributed by atoms with van der Waals surface area (Å²) in [4.78, 5) is 26.5.